The number of halogens is 3. The Labute approximate surface area is 132 Å². The molecule has 0 aliphatic carbocycles. The summed E-state index contributed by atoms with van der Waals surface area (Å²) in [5.41, 5.74) is 8.12. The molecule has 1 aromatic heterocycles. The zero-order valence-electron chi connectivity index (χ0n) is 10.4. The summed E-state index contributed by atoms with van der Waals surface area (Å²) in [6, 6.07) is 9.83. The highest BCUT2D eigenvalue weighted by Crippen LogP contribution is 2.31. The average molecular weight is 366 g/mol. The van der Waals surface area contributed by atoms with Gasteiger partial charge >= 0.3 is 0 Å². The van der Waals surface area contributed by atoms with E-state index in [4.69, 9.17) is 22.6 Å². The molecule has 2 aromatic carbocycles. The van der Waals surface area contributed by atoms with Crippen molar-refractivity contribution in [3.8, 4) is 11.8 Å². The van der Waals surface area contributed by atoms with E-state index in [0.717, 1.165) is 0 Å². The van der Waals surface area contributed by atoms with Gasteiger partial charge in [-0.05, 0) is 40.2 Å². The Kier molecular flexibility index (Phi) is 3.32. The molecule has 0 unspecified atom stereocenters. The lowest BCUT2D eigenvalue weighted by Gasteiger charge is -2.09. The zero-order chi connectivity index (χ0) is 15.1. The molecule has 3 aromatic rings. The monoisotopic (exact) mass is 364 g/mol. The van der Waals surface area contributed by atoms with Gasteiger partial charge in [-0.2, -0.15) is 5.26 Å². The molecule has 0 atom stereocenters. The molecule has 7 heteroatoms. The molecule has 0 fully saturated rings. The van der Waals surface area contributed by atoms with Crippen LogP contribution in [0.1, 0.15) is 5.56 Å². The smallest absolute Gasteiger partial charge is 0.205 e. The van der Waals surface area contributed by atoms with Gasteiger partial charge in [0.25, 0.3) is 0 Å². The maximum Gasteiger partial charge on any atom is 0.205 e. The highest BCUT2D eigenvalue weighted by Gasteiger charge is 2.15. The number of anilines is 1. The number of rotatable bonds is 1. The van der Waals surface area contributed by atoms with Crippen LogP contribution in [-0.4, -0.2) is 9.55 Å². The van der Waals surface area contributed by atoms with Crippen LogP contribution >= 0.6 is 27.5 Å². The average Bonchev–Trinajstić information content (AvgIpc) is 2.75. The fraction of sp³-hybridized carbons (Fsp3) is 0. The summed E-state index contributed by atoms with van der Waals surface area (Å²) in [5.74, 6) is -0.343. The zero-order valence-corrected chi connectivity index (χ0v) is 12.8. The largest absolute Gasteiger partial charge is 0.369 e. The first-order valence-corrected chi connectivity index (χ1v) is 7.01. The van der Waals surface area contributed by atoms with Crippen molar-refractivity contribution in [3.63, 3.8) is 0 Å². The van der Waals surface area contributed by atoms with Gasteiger partial charge in [-0.15, -0.1) is 0 Å². The second-order valence-corrected chi connectivity index (χ2v) is 5.60. The van der Waals surface area contributed by atoms with E-state index in [2.05, 4.69) is 27.0 Å². The van der Waals surface area contributed by atoms with Crippen LogP contribution in [-0.2, 0) is 0 Å². The summed E-state index contributed by atoms with van der Waals surface area (Å²) < 4.78 is 15.8. The predicted molar refractivity (Wildman–Crippen MR) is 82.9 cm³/mol. The Bertz CT molecular complexity index is 913. The Morgan fingerprint density at radius 3 is 2.76 bits per heavy atom. The van der Waals surface area contributed by atoms with Crippen molar-refractivity contribution in [1.82, 2.24) is 9.55 Å². The minimum atomic E-state index is -0.548. The lowest BCUT2D eigenvalue weighted by molar-refractivity contribution is 0.630. The van der Waals surface area contributed by atoms with Crippen molar-refractivity contribution in [1.29, 1.82) is 5.26 Å². The van der Waals surface area contributed by atoms with Crippen LogP contribution < -0.4 is 5.73 Å². The molecule has 0 aliphatic rings. The van der Waals surface area contributed by atoms with Gasteiger partial charge in [0.1, 0.15) is 5.82 Å². The number of nitrogen functional groups attached to an aromatic ring is 1. The van der Waals surface area contributed by atoms with Gasteiger partial charge in [0, 0.05) is 10.5 Å². The van der Waals surface area contributed by atoms with Crippen molar-refractivity contribution < 1.29 is 4.39 Å². The van der Waals surface area contributed by atoms with Crippen LogP contribution in [0.25, 0.3) is 16.7 Å². The molecule has 0 amide bonds. The Morgan fingerprint density at radius 2 is 2.10 bits per heavy atom. The lowest BCUT2D eigenvalue weighted by Crippen LogP contribution is -2.01. The fourth-order valence-corrected chi connectivity index (χ4v) is 2.82. The molecule has 21 heavy (non-hydrogen) atoms. The van der Waals surface area contributed by atoms with Crippen LogP contribution in [0.5, 0.6) is 0 Å². The molecule has 1 heterocycles. The molecule has 0 spiro atoms. The molecule has 104 valence electrons. The SMILES string of the molecule is N#Cc1ccc(-n2c(N)nc3cc(F)c(Cl)cc32)c(Br)c1. The van der Waals surface area contributed by atoms with Gasteiger partial charge in [0.15, 0.2) is 0 Å². The van der Waals surface area contributed by atoms with E-state index in [0.29, 0.717) is 26.8 Å². The number of nitriles is 1. The van der Waals surface area contributed by atoms with Gasteiger partial charge < -0.3 is 5.73 Å². The molecule has 4 nitrogen and oxygen atoms in total. The maximum atomic E-state index is 13.5. The standard InChI is InChI=1S/C14H7BrClFN4/c15-8-3-7(6-18)1-2-12(8)21-13-4-9(16)10(17)5-11(13)20-14(21)19/h1-5H,(H2,19,20). The van der Waals surface area contributed by atoms with Crippen molar-refractivity contribution in [2.45, 2.75) is 0 Å². The third kappa shape index (κ3) is 2.24. The summed E-state index contributed by atoms with van der Waals surface area (Å²) in [6.07, 6.45) is 0. The molecule has 2 N–H and O–H groups in total. The summed E-state index contributed by atoms with van der Waals surface area (Å²) >= 11 is 9.23. The number of hydrogen-bond donors (Lipinski definition) is 1. The van der Waals surface area contributed by atoms with Crippen molar-refractivity contribution in [2.75, 3.05) is 5.73 Å². The van der Waals surface area contributed by atoms with Crippen LogP contribution in [0.4, 0.5) is 10.3 Å². The van der Waals surface area contributed by atoms with Crippen LogP contribution in [0.2, 0.25) is 5.02 Å². The molecule has 0 aliphatic heterocycles. The summed E-state index contributed by atoms with van der Waals surface area (Å²) in [4.78, 5) is 4.13. The van der Waals surface area contributed by atoms with E-state index in [9.17, 15) is 4.39 Å². The minimum absolute atomic E-state index is 0.00609. The highest BCUT2D eigenvalue weighted by atomic mass is 79.9. The quantitative estimate of drug-likeness (QED) is 0.708. The van der Waals surface area contributed by atoms with Gasteiger partial charge in [-0.3, -0.25) is 4.57 Å². The number of imidazole rings is 1. The number of fused-ring (bicyclic) bond motifs is 1. The maximum absolute atomic E-state index is 13.5. The minimum Gasteiger partial charge on any atom is -0.369 e. The van der Waals surface area contributed by atoms with Crippen molar-refractivity contribution >= 4 is 44.5 Å². The predicted octanol–water partition coefficient (Wildman–Crippen LogP) is 4.03. The fourth-order valence-electron chi connectivity index (χ4n) is 2.10. The number of hydrogen-bond acceptors (Lipinski definition) is 3. The Morgan fingerprint density at radius 1 is 1.33 bits per heavy atom. The van der Waals surface area contributed by atoms with E-state index in [1.165, 1.54) is 12.1 Å². The molecule has 0 saturated heterocycles. The number of benzene rings is 2. The highest BCUT2D eigenvalue weighted by molar-refractivity contribution is 9.10. The lowest BCUT2D eigenvalue weighted by atomic mass is 10.2. The van der Waals surface area contributed by atoms with Gasteiger partial charge in [0.2, 0.25) is 5.95 Å². The molecule has 0 saturated carbocycles. The summed E-state index contributed by atoms with van der Waals surface area (Å²) in [5, 5.41) is 8.90. The molecule has 0 radical (unpaired) electrons. The number of aromatic nitrogens is 2. The first-order chi connectivity index (χ1) is 10.0. The van der Waals surface area contributed by atoms with E-state index < -0.39 is 5.82 Å². The summed E-state index contributed by atoms with van der Waals surface area (Å²) in [7, 11) is 0. The van der Waals surface area contributed by atoms with Crippen LogP contribution in [0, 0.1) is 17.1 Å². The Hall–Kier alpha value is -2.10. The topological polar surface area (TPSA) is 67.6 Å². The molecule has 0 bridgehead atoms. The molecular formula is C14H7BrClFN4. The van der Waals surface area contributed by atoms with E-state index >= 15 is 0 Å². The van der Waals surface area contributed by atoms with Gasteiger partial charge in [-0.1, -0.05) is 11.6 Å². The number of nitrogens with two attached hydrogens (primary N) is 1. The van der Waals surface area contributed by atoms with Crippen molar-refractivity contribution in [2.24, 2.45) is 0 Å². The second-order valence-electron chi connectivity index (χ2n) is 4.34. The molecule has 3 rings (SSSR count). The summed E-state index contributed by atoms with van der Waals surface area (Å²) in [6.45, 7) is 0. The second kappa shape index (κ2) is 5.02. The van der Waals surface area contributed by atoms with E-state index in [1.807, 2.05) is 0 Å². The van der Waals surface area contributed by atoms with Crippen LogP contribution in [0.3, 0.4) is 0 Å². The van der Waals surface area contributed by atoms with Crippen molar-refractivity contribution in [3.05, 3.63) is 51.2 Å². The third-order valence-electron chi connectivity index (χ3n) is 3.04. The van der Waals surface area contributed by atoms with E-state index in [-0.39, 0.29) is 11.0 Å². The van der Waals surface area contributed by atoms with E-state index in [1.54, 1.807) is 22.8 Å². The molecular weight excluding hydrogens is 359 g/mol. The Balaban J connectivity index is 2.32. The first kappa shape index (κ1) is 13.9. The third-order valence-corrected chi connectivity index (χ3v) is 3.96. The van der Waals surface area contributed by atoms with Gasteiger partial charge in [-0.25, -0.2) is 9.37 Å². The normalized spacial score (nSPS) is 10.8. The number of nitrogens with zero attached hydrogens (tertiary/aromatic N) is 3. The van der Waals surface area contributed by atoms with Crippen LogP contribution in [0.15, 0.2) is 34.8 Å². The van der Waals surface area contributed by atoms with Gasteiger partial charge in [0.05, 0.1) is 33.4 Å². The first-order valence-electron chi connectivity index (χ1n) is 5.84.